The Hall–Kier alpha value is -4.50. The molecule has 3 aliphatic rings. The zero-order valence-electron chi connectivity index (χ0n) is 26.1. The van der Waals surface area contributed by atoms with E-state index in [2.05, 4.69) is 20.3 Å². The van der Waals surface area contributed by atoms with Gasteiger partial charge < -0.3 is 29.7 Å². The van der Waals surface area contributed by atoms with Crippen molar-refractivity contribution in [3.8, 4) is 0 Å². The van der Waals surface area contributed by atoms with Gasteiger partial charge in [0.2, 0.25) is 17.8 Å². The number of halogens is 3. The maximum absolute atomic E-state index is 13.5. The minimum atomic E-state index is -4.36. The number of nitrogens with zero attached hydrogens (tertiary/aromatic N) is 7. The molecule has 3 aliphatic heterocycles. The number of anilines is 2. The van der Waals surface area contributed by atoms with E-state index in [1.807, 2.05) is 30.2 Å². The van der Waals surface area contributed by atoms with E-state index in [4.69, 9.17) is 4.74 Å². The Bertz CT molecular complexity index is 1650. The predicted molar refractivity (Wildman–Crippen MR) is 167 cm³/mol. The van der Waals surface area contributed by atoms with Crippen LogP contribution in [0, 0.1) is 0 Å². The number of fused-ring (bicyclic) bond motifs is 1. The van der Waals surface area contributed by atoms with Crippen molar-refractivity contribution in [2.45, 2.75) is 31.5 Å². The van der Waals surface area contributed by atoms with Gasteiger partial charge in [0, 0.05) is 75.2 Å². The van der Waals surface area contributed by atoms with Crippen LogP contribution in [0.3, 0.4) is 0 Å². The molecular weight excluding hydrogens is 617 g/mol. The number of hydrogen-bond donors (Lipinski definition) is 1. The van der Waals surface area contributed by atoms with Crippen molar-refractivity contribution in [2.75, 3.05) is 71.4 Å². The molecule has 5 heterocycles. The zero-order valence-corrected chi connectivity index (χ0v) is 26.1. The normalized spacial score (nSPS) is 19.5. The molecule has 0 aliphatic carbocycles. The van der Waals surface area contributed by atoms with Gasteiger partial charge in [-0.2, -0.15) is 18.2 Å². The molecule has 1 N–H and O–H groups in total. The fraction of sp³-hybridized carbons (Fsp3) is 0.469. The van der Waals surface area contributed by atoms with Crippen LogP contribution in [0.4, 0.5) is 24.8 Å². The summed E-state index contributed by atoms with van der Waals surface area (Å²) in [5.74, 6) is -0.494. The number of ether oxygens (including phenoxy) is 1. The van der Waals surface area contributed by atoms with Gasteiger partial charge in [-0.15, -0.1) is 5.10 Å². The van der Waals surface area contributed by atoms with E-state index in [0.29, 0.717) is 62.1 Å². The Labute approximate surface area is 269 Å². The number of carbonyl (C=O) groups excluding carboxylic acids is 3. The van der Waals surface area contributed by atoms with Crippen LogP contribution in [0.5, 0.6) is 0 Å². The molecule has 0 bridgehead atoms. The quantitative estimate of drug-likeness (QED) is 0.414. The molecule has 250 valence electrons. The molecule has 1 atom stereocenters. The molecule has 1 aromatic carbocycles. The van der Waals surface area contributed by atoms with Crippen LogP contribution in [0.1, 0.15) is 35.2 Å². The van der Waals surface area contributed by atoms with Gasteiger partial charge in [-0.25, -0.2) is 4.52 Å². The predicted octanol–water partition coefficient (Wildman–Crippen LogP) is 3.05. The molecule has 6 rings (SSSR count). The molecule has 0 radical (unpaired) electrons. The van der Waals surface area contributed by atoms with Gasteiger partial charge in [0.15, 0.2) is 5.65 Å². The summed E-state index contributed by atoms with van der Waals surface area (Å²) in [5.41, 5.74) is 3.46. The third kappa shape index (κ3) is 7.57. The molecule has 47 heavy (non-hydrogen) atoms. The van der Waals surface area contributed by atoms with Gasteiger partial charge in [0.05, 0.1) is 19.6 Å². The van der Waals surface area contributed by atoms with E-state index < -0.39 is 31.0 Å². The SMILES string of the molecule is CN1CCN(C(=O)C2COCCN2C(=O)c2ccc(Nc3nc4c(C5=CCN(C(=O)CCC(F)(F)F)CC5)cccn4n3)cc2)CC1. The smallest absolute Gasteiger partial charge is 0.377 e. The molecule has 2 aromatic heterocycles. The topological polar surface area (TPSA) is 116 Å². The van der Waals surface area contributed by atoms with Crippen LogP contribution in [-0.2, 0) is 14.3 Å². The molecule has 15 heteroatoms. The summed E-state index contributed by atoms with van der Waals surface area (Å²) in [6.45, 7) is 4.26. The molecule has 3 aromatic rings. The van der Waals surface area contributed by atoms with Gasteiger partial charge in [0.1, 0.15) is 6.04 Å². The molecule has 2 fully saturated rings. The molecule has 3 amide bonds. The number of aromatic nitrogens is 3. The number of piperazine rings is 1. The lowest BCUT2D eigenvalue weighted by Crippen LogP contribution is -2.59. The Morgan fingerprint density at radius 3 is 2.47 bits per heavy atom. The average Bonchev–Trinajstić information content (AvgIpc) is 3.49. The summed E-state index contributed by atoms with van der Waals surface area (Å²) in [4.78, 5) is 50.8. The number of rotatable bonds is 7. The summed E-state index contributed by atoms with van der Waals surface area (Å²) in [6, 6.07) is 9.98. The minimum Gasteiger partial charge on any atom is -0.377 e. The number of pyridine rings is 1. The van der Waals surface area contributed by atoms with Gasteiger partial charge in [-0.05, 0) is 55.4 Å². The van der Waals surface area contributed by atoms with Crippen molar-refractivity contribution >= 4 is 40.6 Å². The fourth-order valence-corrected chi connectivity index (χ4v) is 6.04. The van der Waals surface area contributed by atoms with Crippen LogP contribution in [0.2, 0.25) is 0 Å². The molecular formula is C32H37F3N8O4. The van der Waals surface area contributed by atoms with Crippen molar-refractivity contribution in [3.05, 3.63) is 59.8 Å². The number of amides is 3. The van der Waals surface area contributed by atoms with Crippen LogP contribution < -0.4 is 5.32 Å². The molecule has 0 spiro atoms. The van der Waals surface area contributed by atoms with E-state index in [0.717, 1.165) is 24.2 Å². The van der Waals surface area contributed by atoms with Crippen molar-refractivity contribution in [1.29, 1.82) is 0 Å². The number of alkyl halides is 3. The van der Waals surface area contributed by atoms with Crippen molar-refractivity contribution in [1.82, 2.24) is 34.2 Å². The largest absolute Gasteiger partial charge is 0.389 e. The minimum absolute atomic E-state index is 0.0857. The molecule has 1 unspecified atom stereocenters. The number of benzene rings is 1. The van der Waals surface area contributed by atoms with Crippen LogP contribution in [-0.4, -0.2) is 130 Å². The first-order valence-corrected chi connectivity index (χ1v) is 15.7. The summed E-state index contributed by atoms with van der Waals surface area (Å²) in [5, 5.41) is 7.70. The second-order valence-corrected chi connectivity index (χ2v) is 12.0. The standard InChI is InChI=1S/C32H37F3N8O4/c1-39-15-17-41(18-16-39)30(46)26-21-47-20-19-42(26)29(45)23-4-6-24(7-5-23)36-31-37-28-25(3-2-12-43(28)38-31)22-9-13-40(14-10-22)27(44)8-11-32(33,34)35/h2-7,9,12,26H,8,10-11,13-21H2,1H3,(H,36,38). The van der Waals surface area contributed by atoms with E-state index in [1.54, 1.807) is 39.9 Å². The maximum Gasteiger partial charge on any atom is 0.389 e. The second kappa shape index (κ2) is 13.7. The van der Waals surface area contributed by atoms with Crippen LogP contribution in [0.25, 0.3) is 11.2 Å². The van der Waals surface area contributed by atoms with E-state index in [9.17, 15) is 27.6 Å². The van der Waals surface area contributed by atoms with Crippen LogP contribution >= 0.6 is 0 Å². The first-order valence-electron chi connectivity index (χ1n) is 15.7. The summed E-state index contributed by atoms with van der Waals surface area (Å²) in [6.07, 6.45) is -1.95. The molecule has 12 nitrogen and oxygen atoms in total. The van der Waals surface area contributed by atoms with Gasteiger partial charge in [-0.1, -0.05) is 6.08 Å². The summed E-state index contributed by atoms with van der Waals surface area (Å²) in [7, 11) is 2.02. The third-order valence-corrected chi connectivity index (χ3v) is 8.77. The Balaban J connectivity index is 1.10. The van der Waals surface area contributed by atoms with E-state index in [-0.39, 0.29) is 25.0 Å². The Morgan fingerprint density at radius 2 is 1.77 bits per heavy atom. The fourth-order valence-electron chi connectivity index (χ4n) is 6.04. The number of morpholine rings is 1. The van der Waals surface area contributed by atoms with Gasteiger partial charge in [-0.3, -0.25) is 14.4 Å². The van der Waals surface area contributed by atoms with Gasteiger partial charge >= 0.3 is 6.18 Å². The molecule has 0 saturated carbocycles. The monoisotopic (exact) mass is 654 g/mol. The van der Waals surface area contributed by atoms with E-state index in [1.165, 1.54) is 4.90 Å². The van der Waals surface area contributed by atoms with Crippen LogP contribution in [0.15, 0.2) is 48.7 Å². The second-order valence-electron chi connectivity index (χ2n) is 12.0. The highest BCUT2D eigenvalue weighted by atomic mass is 19.4. The van der Waals surface area contributed by atoms with Crippen molar-refractivity contribution in [2.24, 2.45) is 0 Å². The summed E-state index contributed by atoms with van der Waals surface area (Å²) >= 11 is 0. The highest BCUT2D eigenvalue weighted by molar-refractivity contribution is 5.98. The molecule has 2 saturated heterocycles. The van der Waals surface area contributed by atoms with Gasteiger partial charge in [0.25, 0.3) is 5.91 Å². The highest BCUT2D eigenvalue weighted by Gasteiger charge is 2.36. The Kier molecular flexibility index (Phi) is 9.45. The number of hydrogen-bond acceptors (Lipinski definition) is 8. The first-order chi connectivity index (χ1) is 22.6. The summed E-state index contributed by atoms with van der Waals surface area (Å²) < 4.78 is 44.8. The van der Waals surface area contributed by atoms with Crippen molar-refractivity contribution < 1.29 is 32.3 Å². The van der Waals surface area contributed by atoms with E-state index >= 15 is 0 Å². The number of nitrogens with one attached hydrogen (secondary N) is 1. The third-order valence-electron chi connectivity index (χ3n) is 8.77. The maximum atomic E-state index is 13.5. The lowest BCUT2D eigenvalue weighted by molar-refractivity contribution is -0.148. The lowest BCUT2D eigenvalue weighted by atomic mass is 10.00. The van der Waals surface area contributed by atoms with Crippen molar-refractivity contribution in [3.63, 3.8) is 0 Å². The number of likely N-dealkylation sites (N-methyl/N-ethyl adjacent to an activating group) is 1. The zero-order chi connectivity index (χ0) is 33.1. The average molecular weight is 655 g/mol. The Morgan fingerprint density at radius 1 is 1.00 bits per heavy atom. The lowest BCUT2D eigenvalue weighted by Gasteiger charge is -2.40. The highest BCUT2D eigenvalue weighted by Crippen LogP contribution is 2.28. The first kappa shape index (κ1) is 32.4. The number of carbonyl (C=O) groups is 3.